The van der Waals surface area contributed by atoms with Crippen LogP contribution in [0.4, 0.5) is 0 Å². The van der Waals surface area contributed by atoms with E-state index in [4.69, 9.17) is 6.42 Å². The lowest BCUT2D eigenvalue weighted by Gasteiger charge is -2.14. The maximum Gasteiger partial charge on any atom is 0.0545 e. The summed E-state index contributed by atoms with van der Waals surface area (Å²) in [7, 11) is 0. The molecule has 1 heterocycles. The lowest BCUT2D eigenvalue weighted by Crippen LogP contribution is -2.25. The zero-order chi connectivity index (χ0) is 10.8. The zero-order valence-electron chi connectivity index (χ0n) is 9.50. The van der Waals surface area contributed by atoms with E-state index < -0.39 is 0 Å². The average molecular weight is 226 g/mol. The fourth-order valence-electron chi connectivity index (χ4n) is 1.83. The standard InChI is InChI=1S/C12H22N2S/c1-2-11-15-12-7-13-6-5-10-14-8-3-4-9-14/h1,13H,3-12H2. The van der Waals surface area contributed by atoms with Crippen molar-refractivity contribution in [2.75, 3.05) is 44.2 Å². The van der Waals surface area contributed by atoms with E-state index in [2.05, 4.69) is 16.1 Å². The second-order valence-electron chi connectivity index (χ2n) is 3.91. The summed E-state index contributed by atoms with van der Waals surface area (Å²) in [6.07, 6.45) is 9.24. The van der Waals surface area contributed by atoms with E-state index in [1.807, 2.05) is 11.8 Å². The Morgan fingerprint density at radius 3 is 2.80 bits per heavy atom. The summed E-state index contributed by atoms with van der Waals surface area (Å²) >= 11 is 1.83. The van der Waals surface area contributed by atoms with Gasteiger partial charge in [-0.05, 0) is 45.4 Å². The molecule has 0 aromatic rings. The minimum absolute atomic E-state index is 0.843. The van der Waals surface area contributed by atoms with Gasteiger partial charge in [-0.3, -0.25) is 0 Å². The van der Waals surface area contributed by atoms with Crippen molar-refractivity contribution in [3.63, 3.8) is 0 Å². The van der Waals surface area contributed by atoms with Crippen LogP contribution in [0.1, 0.15) is 19.3 Å². The molecule has 1 aliphatic heterocycles. The largest absolute Gasteiger partial charge is 0.316 e. The SMILES string of the molecule is C#CCSCCNCCCN1CCCC1. The maximum absolute atomic E-state index is 5.16. The van der Waals surface area contributed by atoms with Gasteiger partial charge in [-0.2, -0.15) is 0 Å². The molecule has 3 heteroatoms. The van der Waals surface area contributed by atoms with Gasteiger partial charge in [0.15, 0.2) is 0 Å². The van der Waals surface area contributed by atoms with Crippen LogP contribution in [0.15, 0.2) is 0 Å². The Hall–Kier alpha value is -0.170. The van der Waals surface area contributed by atoms with Gasteiger partial charge < -0.3 is 10.2 Å². The fraction of sp³-hybridized carbons (Fsp3) is 0.833. The Labute approximate surface area is 98.2 Å². The molecule has 86 valence electrons. The van der Waals surface area contributed by atoms with Crippen LogP contribution >= 0.6 is 11.8 Å². The monoisotopic (exact) mass is 226 g/mol. The molecular formula is C12H22N2S. The average Bonchev–Trinajstić information content (AvgIpc) is 2.75. The van der Waals surface area contributed by atoms with Crippen molar-refractivity contribution < 1.29 is 0 Å². The second kappa shape index (κ2) is 9.08. The van der Waals surface area contributed by atoms with Crippen LogP contribution in [0.5, 0.6) is 0 Å². The van der Waals surface area contributed by atoms with Gasteiger partial charge in [0.2, 0.25) is 0 Å². The van der Waals surface area contributed by atoms with Gasteiger partial charge in [-0.1, -0.05) is 5.92 Å². The summed E-state index contributed by atoms with van der Waals surface area (Å²) in [4.78, 5) is 2.56. The number of likely N-dealkylation sites (tertiary alicyclic amines) is 1. The molecule has 1 fully saturated rings. The molecule has 2 nitrogen and oxygen atoms in total. The third-order valence-corrected chi connectivity index (χ3v) is 3.50. The molecule has 0 aromatic heterocycles. The first-order valence-corrected chi connectivity index (χ1v) is 7.03. The van der Waals surface area contributed by atoms with Crippen molar-refractivity contribution in [2.24, 2.45) is 0 Å². The van der Waals surface area contributed by atoms with E-state index in [0.29, 0.717) is 0 Å². The predicted molar refractivity (Wildman–Crippen MR) is 69.3 cm³/mol. The molecule has 15 heavy (non-hydrogen) atoms. The van der Waals surface area contributed by atoms with E-state index >= 15 is 0 Å². The van der Waals surface area contributed by atoms with Gasteiger partial charge in [0.1, 0.15) is 0 Å². The minimum atomic E-state index is 0.843. The number of nitrogens with one attached hydrogen (secondary N) is 1. The molecule has 0 radical (unpaired) electrons. The van der Waals surface area contributed by atoms with E-state index in [1.54, 1.807) is 0 Å². The Morgan fingerprint density at radius 2 is 2.07 bits per heavy atom. The lowest BCUT2D eigenvalue weighted by atomic mass is 10.4. The number of rotatable bonds is 8. The minimum Gasteiger partial charge on any atom is -0.316 e. The van der Waals surface area contributed by atoms with Crippen molar-refractivity contribution in [1.29, 1.82) is 0 Å². The van der Waals surface area contributed by atoms with E-state index in [0.717, 1.165) is 24.6 Å². The Morgan fingerprint density at radius 1 is 1.27 bits per heavy atom. The lowest BCUT2D eigenvalue weighted by molar-refractivity contribution is 0.331. The van der Waals surface area contributed by atoms with Crippen molar-refractivity contribution in [2.45, 2.75) is 19.3 Å². The van der Waals surface area contributed by atoms with Crippen LogP contribution in [-0.4, -0.2) is 49.1 Å². The van der Waals surface area contributed by atoms with Crippen LogP contribution in [0.2, 0.25) is 0 Å². The first kappa shape index (κ1) is 12.9. The molecule has 0 saturated carbocycles. The first-order chi connectivity index (χ1) is 7.43. The van der Waals surface area contributed by atoms with Gasteiger partial charge in [0.05, 0.1) is 5.75 Å². The van der Waals surface area contributed by atoms with E-state index in [-0.39, 0.29) is 0 Å². The number of thioether (sulfide) groups is 1. The van der Waals surface area contributed by atoms with Crippen LogP contribution < -0.4 is 5.32 Å². The maximum atomic E-state index is 5.16. The van der Waals surface area contributed by atoms with Crippen LogP contribution in [0.25, 0.3) is 0 Å². The summed E-state index contributed by atoms with van der Waals surface area (Å²) in [6.45, 7) is 6.14. The van der Waals surface area contributed by atoms with Gasteiger partial charge in [-0.25, -0.2) is 0 Å². The number of hydrogen-bond acceptors (Lipinski definition) is 3. The number of terminal acetylenes is 1. The number of nitrogens with zero attached hydrogens (tertiary/aromatic N) is 1. The molecule has 0 atom stereocenters. The predicted octanol–water partition coefficient (Wildman–Crippen LogP) is 1.43. The van der Waals surface area contributed by atoms with E-state index in [9.17, 15) is 0 Å². The highest BCUT2D eigenvalue weighted by atomic mass is 32.2. The molecule has 1 N–H and O–H groups in total. The summed E-state index contributed by atoms with van der Waals surface area (Å²) in [5.41, 5.74) is 0. The van der Waals surface area contributed by atoms with Crippen LogP contribution in [0, 0.1) is 12.3 Å². The molecule has 1 saturated heterocycles. The van der Waals surface area contributed by atoms with Crippen molar-refractivity contribution in [3.8, 4) is 12.3 Å². The van der Waals surface area contributed by atoms with Gasteiger partial charge in [0, 0.05) is 12.3 Å². The normalized spacial score (nSPS) is 16.7. The summed E-state index contributed by atoms with van der Waals surface area (Å²) in [6, 6.07) is 0. The van der Waals surface area contributed by atoms with E-state index in [1.165, 1.54) is 38.9 Å². The Kier molecular flexibility index (Phi) is 7.81. The highest BCUT2D eigenvalue weighted by Crippen LogP contribution is 2.06. The Bertz CT molecular complexity index is 183. The highest BCUT2D eigenvalue weighted by Gasteiger charge is 2.09. The smallest absolute Gasteiger partial charge is 0.0545 e. The fourth-order valence-corrected chi connectivity index (χ4v) is 2.39. The topological polar surface area (TPSA) is 15.3 Å². The summed E-state index contributed by atoms with van der Waals surface area (Å²) < 4.78 is 0. The molecule has 1 aliphatic rings. The Balaban J connectivity index is 1.75. The highest BCUT2D eigenvalue weighted by molar-refractivity contribution is 7.99. The van der Waals surface area contributed by atoms with Crippen molar-refractivity contribution >= 4 is 11.8 Å². The zero-order valence-corrected chi connectivity index (χ0v) is 10.3. The molecule has 0 amide bonds. The first-order valence-electron chi connectivity index (χ1n) is 5.88. The molecule has 0 bridgehead atoms. The molecule has 0 unspecified atom stereocenters. The van der Waals surface area contributed by atoms with Crippen LogP contribution in [-0.2, 0) is 0 Å². The van der Waals surface area contributed by atoms with Gasteiger partial charge in [-0.15, -0.1) is 18.2 Å². The third-order valence-electron chi connectivity index (χ3n) is 2.64. The second-order valence-corrected chi connectivity index (χ2v) is 5.01. The van der Waals surface area contributed by atoms with Crippen molar-refractivity contribution in [3.05, 3.63) is 0 Å². The third kappa shape index (κ3) is 6.83. The molecule has 0 spiro atoms. The quantitative estimate of drug-likeness (QED) is 0.498. The number of hydrogen-bond donors (Lipinski definition) is 1. The molecular weight excluding hydrogens is 204 g/mol. The summed E-state index contributed by atoms with van der Waals surface area (Å²) in [5, 5.41) is 3.45. The molecule has 1 rings (SSSR count). The van der Waals surface area contributed by atoms with Crippen molar-refractivity contribution in [1.82, 2.24) is 10.2 Å². The molecule has 0 aromatic carbocycles. The summed E-state index contributed by atoms with van der Waals surface area (Å²) in [5.74, 6) is 4.61. The molecule has 0 aliphatic carbocycles. The van der Waals surface area contributed by atoms with Crippen LogP contribution in [0.3, 0.4) is 0 Å². The van der Waals surface area contributed by atoms with Gasteiger partial charge >= 0.3 is 0 Å². The van der Waals surface area contributed by atoms with Gasteiger partial charge in [0.25, 0.3) is 0 Å².